The fraction of sp³-hybridized carbons (Fsp3) is 0.588. The van der Waals surface area contributed by atoms with E-state index in [0.717, 1.165) is 56.1 Å². The average molecular weight is 303 g/mol. The van der Waals surface area contributed by atoms with Crippen molar-refractivity contribution in [2.45, 2.75) is 25.8 Å². The van der Waals surface area contributed by atoms with Gasteiger partial charge in [-0.3, -0.25) is 4.90 Å². The van der Waals surface area contributed by atoms with E-state index in [1.807, 2.05) is 18.2 Å². The minimum absolute atomic E-state index is 0.235. The monoisotopic (exact) mass is 303 g/mol. The fourth-order valence-electron chi connectivity index (χ4n) is 2.61. The number of nitriles is 1. The van der Waals surface area contributed by atoms with Gasteiger partial charge in [-0.2, -0.15) is 5.26 Å². The number of unbranched alkanes of at least 4 members (excludes halogenated alkanes) is 1. The van der Waals surface area contributed by atoms with Crippen LogP contribution in [-0.2, 0) is 0 Å². The Morgan fingerprint density at radius 1 is 1.32 bits per heavy atom. The van der Waals surface area contributed by atoms with Crippen LogP contribution in [-0.4, -0.2) is 44.8 Å². The normalized spacial score (nSPS) is 16.8. The van der Waals surface area contributed by atoms with E-state index in [9.17, 15) is 5.26 Å². The minimum Gasteiger partial charge on any atom is -0.493 e. The Balaban J connectivity index is 2.18. The summed E-state index contributed by atoms with van der Waals surface area (Å²) in [7, 11) is 1.64. The van der Waals surface area contributed by atoms with Gasteiger partial charge in [0.1, 0.15) is 6.04 Å². The Labute approximate surface area is 132 Å². The van der Waals surface area contributed by atoms with Crippen molar-refractivity contribution in [3.63, 3.8) is 0 Å². The average Bonchev–Trinajstić information content (AvgIpc) is 2.57. The SMILES string of the molecule is CCCCOc1cc(C(C#N)N2CCNCC2)ccc1OC. The summed E-state index contributed by atoms with van der Waals surface area (Å²) >= 11 is 0. The zero-order chi connectivity index (χ0) is 15.8. The van der Waals surface area contributed by atoms with E-state index < -0.39 is 0 Å². The maximum atomic E-state index is 9.58. The van der Waals surface area contributed by atoms with Gasteiger partial charge < -0.3 is 14.8 Å². The molecule has 1 fully saturated rings. The number of hydrogen-bond donors (Lipinski definition) is 1. The Hall–Kier alpha value is -1.77. The van der Waals surface area contributed by atoms with Crippen LogP contribution in [0.2, 0.25) is 0 Å². The maximum Gasteiger partial charge on any atom is 0.161 e. The highest BCUT2D eigenvalue weighted by atomic mass is 16.5. The van der Waals surface area contributed by atoms with Crippen LogP contribution in [0.15, 0.2) is 18.2 Å². The second-order valence-corrected chi connectivity index (χ2v) is 5.43. The lowest BCUT2D eigenvalue weighted by atomic mass is 10.0. The summed E-state index contributed by atoms with van der Waals surface area (Å²) in [6.07, 6.45) is 2.09. The molecular formula is C17H25N3O2. The van der Waals surface area contributed by atoms with Crippen LogP contribution in [0, 0.1) is 11.3 Å². The van der Waals surface area contributed by atoms with Gasteiger partial charge in [-0.25, -0.2) is 0 Å². The summed E-state index contributed by atoms with van der Waals surface area (Å²) in [5.41, 5.74) is 0.969. The molecule has 1 atom stereocenters. The molecule has 1 aromatic rings. The third-order valence-electron chi connectivity index (χ3n) is 3.90. The van der Waals surface area contributed by atoms with Crippen LogP contribution in [0.25, 0.3) is 0 Å². The predicted molar refractivity (Wildman–Crippen MR) is 86.2 cm³/mol. The third kappa shape index (κ3) is 4.12. The fourth-order valence-corrected chi connectivity index (χ4v) is 2.61. The van der Waals surface area contributed by atoms with Gasteiger partial charge in [0.25, 0.3) is 0 Å². The molecule has 1 N–H and O–H groups in total. The molecule has 1 unspecified atom stereocenters. The van der Waals surface area contributed by atoms with E-state index in [0.29, 0.717) is 6.61 Å². The number of hydrogen-bond acceptors (Lipinski definition) is 5. The maximum absolute atomic E-state index is 9.58. The molecule has 2 rings (SSSR count). The van der Waals surface area contributed by atoms with Gasteiger partial charge in [0.05, 0.1) is 19.8 Å². The lowest BCUT2D eigenvalue weighted by Gasteiger charge is -2.31. The zero-order valence-electron chi connectivity index (χ0n) is 13.5. The first kappa shape index (κ1) is 16.6. The third-order valence-corrected chi connectivity index (χ3v) is 3.90. The quantitative estimate of drug-likeness (QED) is 0.784. The highest BCUT2D eigenvalue weighted by Gasteiger charge is 2.23. The number of methoxy groups -OCH3 is 1. The first-order valence-electron chi connectivity index (χ1n) is 7.95. The summed E-state index contributed by atoms with van der Waals surface area (Å²) in [5.74, 6) is 1.45. The molecule has 120 valence electrons. The van der Waals surface area contributed by atoms with E-state index >= 15 is 0 Å². The second-order valence-electron chi connectivity index (χ2n) is 5.43. The molecule has 5 nitrogen and oxygen atoms in total. The molecule has 1 heterocycles. The second kappa shape index (κ2) is 8.62. The molecular weight excluding hydrogens is 278 g/mol. The van der Waals surface area contributed by atoms with Gasteiger partial charge >= 0.3 is 0 Å². The molecule has 1 aliphatic heterocycles. The van der Waals surface area contributed by atoms with Crippen molar-refractivity contribution in [1.29, 1.82) is 5.26 Å². The van der Waals surface area contributed by atoms with Crippen LogP contribution in [0.1, 0.15) is 31.4 Å². The van der Waals surface area contributed by atoms with Gasteiger partial charge in [0, 0.05) is 26.2 Å². The summed E-state index contributed by atoms with van der Waals surface area (Å²) in [5, 5.41) is 12.9. The highest BCUT2D eigenvalue weighted by Crippen LogP contribution is 2.32. The molecule has 0 amide bonds. The van der Waals surface area contributed by atoms with Crippen molar-refractivity contribution in [1.82, 2.24) is 10.2 Å². The molecule has 0 radical (unpaired) electrons. The smallest absolute Gasteiger partial charge is 0.161 e. The van der Waals surface area contributed by atoms with Gasteiger partial charge in [-0.05, 0) is 24.1 Å². The van der Waals surface area contributed by atoms with Gasteiger partial charge in [-0.15, -0.1) is 0 Å². The number of piperazine rings is 1. The van der Waals surface area contributed by atoms with Crippen molar-refractivity contribution >= 4 is 0 Å². The van der Waals surface area contributed by atoms with Gasteiger partial charge in [0.2, 0.25) is 0 Å². The van der Waals surface area contributed by atoms with E-state index in [-0.39, 0.29) is 6.04 Å². The van der Waals surface area contributed by atoms with Crippen LogP contribution in [0.4, 0.5) is 0 Å². The van der Waals surface area contributed by atoms with E-state index in [1.165, 1.54) is 0 Å². The Bertz CT molecular complexity index is 507. The van der Waals surface area contributed by atoms with E-state index in [4.69, 9.17) is 9.47 Å². The van der Waals surface area contributed by atoms with Crippen molar-refractivity contribution in [3.05, 3.63) is 23.8 Å². The number of benzene rings is 1. The minimum atomic E-state index is -0.235. The number of nitrogens with one attached hydrogen (secondary N) is 1. The Morgan fingerprint density at radius 2 is 2.09 bits per heavy atom. The van der Waals surface area contributed by atoms with Crippen LogP contribution in [0.5, 0.6) is 11.5 Å². The van der Waals surface area contributed by atoms with Crippen LogP contribution >= 0.6 is 0 Å². The number of rotatable bonds is 7. The number of ether oxygens (including phenoxy) is 2. The molecule has 0 bridgehead atoms. The van der Waals surface area contributed by atoms with Crippen molar-refractivity contribution in [2.75, 3.05) is 39.9 Å². The van der Waals surface area contributed by atoms with Crippen LogP contribution < -0.4 is 14.8 Å². The first-order valence-corrected chi connectivity index (χ1v) is 7.95. The van der Waals surface area contributed by atoms with Crippen molar-refractivity contribution in [2.24, 2.45) is 0 Å². The van der Waals surface area contributed by atoms with Gasteiger partial charge in [0.15, 0.2) is 11.5 Å². The lowest BCUT2D eigenvalue weighted by molar-refractivity contribution is 0.207. The summed E-state index contributed by atoms with van der Waals surface area (Å²) in [6, 6.07) is 7.99. The standard InChI is InChI=1S/C17H25N3O2/c1-3-4-11-22-17-12-14(5-6-16(17)21-2)15(13-18)20-9-7-19-8-10-20/h5-6,12,15,19H,3-4,7-11H2,1-2H3. The molecule has 0 aliphatic carbocycles. The van der Waals surface area contributed by atoms with E-state index in [2.05, 4.69) is 23.2 Å². The Morgan fingerprint density at radius 3 is 2.73 bits per heavy atom. The van der Waals surface area contributed by atoms with Crippen molar-refractivity contribution < 1.29 is 9.47 Å². The highest BCUT2D eigenvalue weighted by molar-refractivity contribution is 5.45. The van der Waals surface area contributed by atoms with Crippen LogP contribution in [0.3, 0.4) is 0 Å². The molecule has 1 aromatic carbocycles. The van der Waals surface area contributed by atoms with Gasteiger partial charge in [-0.1, -0.05) is 19.4 Å². The molecule has 0 aromatic heterocycles. The Kier molecular flexibility index (Phi) is 6.50. The molecule has 0 spiro atoms. The molecule has 22 heavy (non-hydrogen) atoms. The molecule has 5 heteroatoms. The molecule has 1 aliphatic rings. The zero-order valence-corrected chi connectivity index (χ0v) is 13.5. The summed E-state index contributed by atoms with van der Waals surface area (Å²) in [6.45, 7) is 6.42. The largest absolute Gasteiger partial charge is 0.493 e. The lowest BCUT2D eigenvalue weighted by Crippen LogP contribution is -2.44. The molecule has 1 saturated heterocycles. The van der Waals surface area contributed by atoms with Crippen molar-refractivity contribution in [3.8, 4) is 17.6 Å². The predicted octanol–water partition coefficient (Wildman–Crippen LogP) is 2.34. The summed E-state index contributed by atoms with van der Waals surface area (Å²) < 4.78 is 11.2. The topological polar surface area (TPSA) is 57.5 Å². The number of nitrogens with zero attached hydrogens (tertiary/aromatic N) is 2. The first-order chi connectivity index (χ1) is 10.8. The van der Waals surface area contributed by atoms with E-state index in [1.54, 1.807) is 7.11 Å². The summed E-state index contributed by atoms with van der Waals surface area (Å²) in [4.78, 5) is 2.20. The molecule has 0 saturated carbocycles.